The number of anilines is 2. The van der Waals surface area contributed by atoms with Gasteiger partial charge in [-0.3, -0.25) is 4.79 Å². The molecule has 0 aliphatic carbocycles. The quantitative estimate of drug-likeness (QED) is 0.884. The summed E-state index contributed by atoms with van der Waals surface area (Å²) >= 11 is 0. The number of rotatable bonds is 4. The lowest BCUT2D eigenvalue weighted by Gasteiger charge is -2.20. The van der Waals surface area contributed by atoms with Crippen LogP contribution in [0.5, 0.6) is 5.75 Å². The van der Waals surface area contributed by atoms with Crippen molar-refractivity contribution in [2.75, 3.05) is 30.4 Å². The number of urea groups is 1. The van der Waals surface area contributed by atoms with Gasteiger partial charge in [0.2, 0.25) is 5.91 Å². The zero-order valence-electron chi connectivity index (χ0n) is 11.7. The van der Waals surface area contributed by atoms with Gasteiger partial charge in [0, 0.05) is 25.2 Å². The van der Waals surface area contributed by atoms with Gasteiger partial charge in [0.25, 0.3) is 0 Å². The van der Waals surface area contributed by atoms with Crippen molar-refractivity contribution in [1.29, 1.82) is 0 Å². The first-order chi connectivity index (χ1) is 9.65. The second kappa shape index (κ2) is 6.27. The Morgan fingerprint density at radius 2 is 2.25 bits per heavy atom. The van der Waals surface area contributed by atoms with Crippen LogP contribution in [0, 0.1) is 0 Å². The molecule has 0 atom stereocenters. The zero-order valence-corrected chi connectivity index (χ0v) is 11.7. The smallest absolute Gasteiger partial charge is 0.319 e. The Morgan fingerprint density at radius 3 is 2.85 bits per heavy atom. The Balaban J connectivity index is 2.24. The fourth-order valence-corrected chi connectivity index (χ4v) is 2.22. The Kier molecular flexibility index (Phi) is 4.45. The average Bonchev–Trinajstić information content (AvgIpc) is 2.85. The molecule has 20 heavy (non-hydrogen) atoms. The van der Waals surface area contributed by atoms with Crippen molar-refractivity contribution < 1.29 is 14.3 Å². The molecule has 1 saturated heterocycles. The first-order valence-corrected chi connectivity index (χ1v) is 6.69. The summed E-state index contributed by atoms with van der Waals surface area (Å²) in [6, 6.07) is 4.99. The second-order valence-corrected chi connectivity index (χ2v) is 4.52. The molecule has 2 N–H and O–H groups in total. The van der Waals surface area contributed by atoms with Crippen LogP contribution >= 0.6 is 0 Å². The van der Waals surface area contributed by atoms with Crippen LogP contribution in [0.25, 0.3) is 0 Å². The predicted molar refractivity (Wildman–Crippen MR) is 77.3 cm³/mol. The van der Waals surface area contributed by atoms with E-state index in [9.17, 15) is 9.59 Å². The summed E-state index contributed by atoms with van der Waals surface area (Å²) in [5.74, 6) is 0.708. The monoisotopic (exact) mass is 277 g/mol. The van der Waals surface area contributed by atoms with E-state index in [0.29, 0.717) is 36.6 Å². The Morgan fingerprint density at radius 1 is 1.45 bits per heavy atom. The summed E-state index contributed by atoms with van der Waals surface area (Å²) in [5.41, 5.74) is 1.33. The van der Waals surface area contributed by atoms with Crippen LogP contribution in [0.3, 0.4) is 0 Å². The number of carbonyl (C=O) groups is 2. The van der Waals surface area contributed by atoms with Crippen molar-refractivity contribution in [2.45, 2.75) is 19.8 Å². The van der Waals surface area contributed by atoms with Gasteiger partial charge >= 0.3 is 6.03 Å². The minimum absolute atomic E-state index is 0.0819. The normalized spacial score (nSPS) is 14.3. The number of carbonyl (C=O) groups excluding carboxylic acids is 2. The SMILES string of the molecule is CCNC(=O)Nc1ccc(OC)c(N2CCCC2=O)c1. The summed E-state index contributed by atoms with van der Waals surface area (Å²) in [6.07, 6.45) is 1.40. The number of amides is 3. The lowest BCUT2D eigenvalue weighted by Crippen LogP contribution is -2.28. The van der Waals surface area contributed by atoms with Gasteiger partial charge in [0.05, 0.1) is 12.8 Å². The first-order valence-electron chi connectivity index (χ1n) is 6.69. The number of hydrogen-bond acceptors (Lipinski definition) is 3. The molecule has 2 rings (SSSR count). The van der Waals surface area contributed by atoms with Crippen molar-refractivity contribution >= 4 is 23.3 Å². The minimum Gasteiger partial charge on any atom is -0.495 e. The Labute approximate surface area is 118 Å². The molecule has 6 nitrogen and oxygen atoms in total. The van der Waals surface area contributed by atoms with Gasteiger partial charge in [0.15, 0.2) is 0 Å². The highest BCUT2D eigenvalue weighted by Crippen LogP contribution is 2.33. The Hall–Kier alpha value is -2.24. The Bertz CT molecular complexity index is 516. The third-order valence-electron chi connectivity index (χ3n) is 3.14. The van der Waals surface area contributed by atoms with Crippen molar-refractivity contribution in [3.05, 3.63) is 18.2 Å². The largest absolute Gasteiger partial charge is 0.495 e. The topological polar surface area (TPSA) is 70.7 Å². The third kappa shape index (κ3) is 3.01. The van der Waals surface area contributed by atoms with E-state index in [2.05, 4.69) is 10.6 Å². The van der Waals surface area contributed by atoms with Crippen molar-refractivity contribution in [1.82, 2.24) is 5.32 Å². The molecule has 0 aromatic heterocycles. The van der Waals surface area contributed by atoms with Crippen LogP contribution < -0.4 is 20.3 Å². The van der Waals surface area contributed by atoms with E-state index in [1.54, 1.807) is 30.2 Å². The molecule has 0 bridgehead atoms. The van der Waals surface area contributed by atoms with Gasteiger partial charge in [-0.05, 0) is 31.5 Å². The average molecular weight is 277 g/mol. The summed E-state index contributed by atoms with van der Waals surface area (Å²) in [5, 5.41) is 5.39. The fraction of sp³-hybridized carbons (Fsp3) is 0.429. The maximum atomic E-state index is 11.8. The van der Waals surface area contributed by atoms with E-state index in [1.165, 1.54) is 0 Å². The predicted octanol–water partition coefficient (Wildman–Crippen LogP) is 1.96. The van der Waals surface area contributed by atoms with Gasteiger partial charge in [-0.1, -0.05) is 0 Å². The molecule has 1 aliphatic rings. The van der Waals surface area contributed by atoms with Crippen LogP contribution in [0.2, 0.25) is 0 Å². The number of methoxy groups -OCH3 is 1. The van der Waals surface area contributed by atoms with E-state index in [1.807, 2.05) is 6.92 Å². The lowest BCUT2D eigenvalue weighted by atomic mass is 10.2. The van der Waals surface area contributed by atoms with E-state index in [0.717, 1.165) is 6.42 Å². The number of nitrogens with zero attached hydrogens (tertiary/aromatic N) is 1. The standard InChI is InChI=1S/C14H19N3O3/c1-3-15-14(19)16-10-6-7-12(20-2)11(9-10)17-8-4-5-13(17)18/h6-7,9H,3-5,8H2,1-2H3,(H2,15,16,19). The second-order valence-electron chi connectivity index (χ2n) is 4.52. The number of nitrogens with one attached hydrogen (secondary N) is 2. The number of benzene rings is 1. The fourth-order valence-electron chi connectivity index (χ4n) is 2.22. The molecular formula is C14H19N3O3. The molecule has 1 heterocycles. The van der Waals surface area contributed by atoms with Gasteiger partial charge in [-0.25, -0.2) is 4.79 Å². The van der Waals surface area contributed by atoms with Gasteiger partial charge in [0.1, 0.15) is 5.75 Å². The molecule has 6 heteroatoms. The van der Waals surface area contributed by atoms with Crippen LogP contribution in [0.15, 0.2) is 18.2 Å². The molecule has 1 aromatic rings. The summed E-state index contributed by atoms with van der Waals surface area (Å²) in [4.78, 5) is 25.1. The maximum absolute atomic E-state index is 11.8. The van der Waals surface area contributed by atoms with Crippen molar-refractivity contribution in [3.63, 3.8) is 0 Å². The molecule has 0 radical (unpaired) electrons. The minimum atomic E-state index is -0.267. The van der Waals surface area contributed by atoms with E-state index in [4.69, 9.17) is 4.74 Å². The highest BCUT2D eigenvalue weighted by molar-refractivity contribution is 5.98. The molecule has 1 aliphatic heterocycles. The highest BCUT2D eigenvalue weighted by Gasteiger charge is 2.24. The first kappa shape index (κ1) is 14.2. The zero-order chi connectivity index (χ0) is 14.5. The summed E-state index contributed by atoms with van der Waals surface area (Å²) in [7, 11) is 1.57. The molecule has 1 fully saturated rings. The van der Waals surface area contributed by atoms with Crippen LogP contribution in [-0.4, -0.2) is 32.1 Å². The van der Waals surface area contributed by atoms with E-state index < -0.39 is 0 Å². The van der Waals surface area contributed by atoms with Crippen molar-refractivity contribution in [3.8, 4) is 5.75 Å². The van der Waals surface area contributed by atoms with E-state index in [-0.39, 0.29) is 11.9 Å². The van der Waals surface area contributed by atoms with Gasteiger partial charge in [-0.2, -0.15) is 0 Å². The summed E-state index contributed by atoms with van der Waals surface area (Å²) < 4.78 is 5.29. The molecule has 108 valence electrons. The number of hydrogen-bond donors (Lipinski definition) is 2. The maximum Gasteiger partial charge on any atom is 0.319 e. The lowest BCUT2D eigenvalue weighted by molar-refractivity contribution is -0.117. The van der Waals surface area contributed by atoms with Crippen molar-refractivity contribution in [2.24, 2.45) is 0 Å². The summed E-state index contributed by atoms with van der Waals surface area (Å²) in [6.45, 7) is 3.08. The molecule has 0 saturated carbocycles. The van der Waals surface area contributed by atoms with Crippen LogP contribution in [0.4, 0.5) is 16.2 Å². The highest BCUT2D eigenvalue weighted by atomic mass is 16.5. The molecule has 0 spiro atoms. The number of ether oxygens (including phenoxy) is 1. The molecule has 0 unspecified atom stereocenters. The van der Waals surface area contributed by atoms with E-state index >= 15 is 0 Å². The molecule has 1 aromatic carbocycles. The van der Waals surface area contributed by atoms with Gasteiger partial charge in [-0.15, -0.1) is 0 Å². The third-order valence-corrected chi connectivity index (χ3v) is 3.14. The van der Waals surface area contributed by atoms with Crippen LogP contribution in [0.1, 0.15) is 19.8 Å². The molecular weight excluding hydrogens is 258 g/mol. The van der Waals surface area contributed by atoms with Gasteiger partial charge < -0.3 is 20.3 Å². The van der Waals surface area contributed by atoms with Crippen LogP contribution in [-0.2, 0) is 4.79 Å². The molecule has 3 amide bonds.